The maximum absolute atomic E-state index is 6.38. The number of pyridine rings is 1. The number of aromatic nitrogens is 1. The molecule has 2 heterocycles. The van der Waals surface area contributed by atoms with Crippen molar-refractivity contribution in [3.8, 4) is 0 Å². The molecule has 0 bridgehead atoms. The molecule has 1 N–H and O–H groups in total. The first-order valence-corrected chi connectivity index (χ1v) is 7.96. The Balaban J connectivity index is 1.78. The first-order chi connectivity index (χ1) is 10.2. The van der Waals surface area contributed by atoms with Crippen molar-refractivity contribution in [2.45, 2.75) is 19.9 Å². The summed E-state index contributed by atoms with van der Waals surface area (Å²) in [4.78, 5) is 7.04. The van der Waals surface area contributed by atoms with Crippen LogP contribution in [0.2, 0.25) is 5.15 Å². The van der Waals surface area contributed by atoms with Crippen LogP contribution in [0.5, 0.6) is 0 Å². The molecular weight excluding hydrogens is 282 g/mol. The largest absolute Gasteiger partial charge is 0.319 e. The highest BCUT2D eigenvalue weighted by Crippen LogP contribution is 2.25. The minimum Gasteiger partial charge on any atom is -0.319 e. The minimum absolute atomic E-state index is 0.644. The smallest absolute Gasteiger partial charge is 0.134 e. The van der Waals surface area contributed by atoms with E-state index in [2.05, 4.69) is 46.4 Å². The van der Waals surface area contributed by atoms with Crippen molar-refractivity contribution in [2.75, 3.05) is 26.7 Å². The van der Waals surface area contributed by atoms with Crippen molar-refractivity contribution in [2.24, 2.45) is 5.92 Å². The molecule has 1 fully saturated rings. The molecule has 4 heteroatoms. The van der Waals surface area contributed by atoms with E-state index in [0.717, 1.165) is 43.2 Å². The molecule has 0 aliphatic carbocycles. The number of nitrogens with one attached hydrogen (secondary N) is 1. The van der Waals surface area contributed by atoms with Gasteiger partial charge in [0.25, 0.3) is 0 Å². The van der Waals surface area contributed by atoms with E-state index >= 15 is 0 Å². The Hall–Kier alpha value is -1.16. The predicted octanol–water partition coefficient (Wildman–Crippen LogP) is 3.24. The lowest BCUT2D eigenvalue weighted by Crippen LogP contribution is -2.24. The third kappa shape index (κ3) is 3.37. The Labute approximate surface area is 131 Å². The van der Waals surface area contributed by atoms with E-state index in [0.29, 0.717) is 5.15 Å². The number of rotatable bonds is 4. The quantitative estimate of drug-likeness (QED) is 0.879. The number of benzene rings is 1. The molecule has 0 amide bonds. The van der Waals surface area contributed by atoms with Crippen molar-refractivity contribution < 1.29 is 0 Å². The number of aryl methyl sites for hydroxylation is 1. The standard InChI is InChI=1S/C17H22ClN3/c1-12-3-4-14-8-15(17(18)20-16(14)7-12)11-21-6-5-13(10-21)9-19-2/h3-4,7-8,13,19H,5-6,9-11H2,1-2H3. The molecule has 0 radical (unpaired) electrons. The number of hydrogen-bond acceptors (Lipinski definition) is 3. The van der Waals surface area contributed by atoms with Crippen molar-refractivity contribution >= 4 is 22.5 Å². The second-order valence-corrected chi connectivity index (χ2v) is 6.44. The molecular formula is C17H22ClN3. The van der Waals surface area contributed by atoms with Crippen molar-refractivity contribution in [3.63, 3.8) is 0 Å². The highest BCUT2D eigenvalue weighted by atomic mass is 35.5. The highest BCUT2D eigenvalue weighted by Gasteiger charge is 2.22. The molecule has 1 aliphatic rings. The SMILES string of the molecule is CNCC1CCN(Cc2cc3ccc(C)cc3nc2Cl)C1. The Morgan fingerprint density at radius 3 is 3.05 bits per heavy atom. The highest BCUT2D eigenvalue weighted by molar-refractivity contribution is 6.30. The summed E-state index contributed by atoms with van der Waals surface area (Å²) in [5.41, 5.74) is 3.34. The lowest BCUT2D eigenvalue weighted by atomic mass is 10.1. The molecule has 0 spiro atoms. The molecule has 1 atom stereocenters. The summed E-state index contributed by atoms with van der Waals surface area (Å²) in [6, 6.07) is 8.53. The van der Waals surface area contributed by atoms with Gasteiger partial charge >= 0.3 is 0 Å². The molecule has 3 rings (SSSR count). The predicted molar refractivity (Wildman–Crippen MR) is 88.8 cm³/mol. The zero-order valence-electron chi connectivity index (χ0n) is 12.7. The van der Waals surface area contributed by atoms with Gasteiger partial charge in [0.1, 0.15) is 5.15 Å². The summed E-state index contributed by atoms with van der Waals surface area (Å²) in [6.45, 7) is 6.36. The molecule has 1 aliphatic heterocycles. The Morgan fingerprint density at radius 2 is 2.24 bits per heavy atom. The van der Waals surface area contributed by atoms with Gasteiger partial charge in [0.2, 0.25) is 0 Å². The van der Waals surface area contributed by atoms with Crippen LogP contribution in [0.1, 0.15) is 17.5 Å². The fraction of sp³-hybridized carbons (Fsp3) is 0.471. The molecule has 0 saturated carbocycles. The molecule has 1 aromatic heterocycles. The fourth-order valence-electron chi connectivity index (χ4n) is 3.16. The van der Waals surface area contributed by atoms with Gasteiger partial charge in [-0.3, -0.25) is 4.90 Å². The molecule has 3 nitrogen and oxygen atoms in total. The first-order valence-electron chi connectivity index (χ1n) is 7.58. The Morgan fingerprint density at radius 1 is 1.38 bits per heavy atom. The second-order valence-electron chi connectivity index (χ2n) is 6.08. The van der Waals surface area contributed by atoms with Gasteiger partial charge in [-0.25, -0.2) is 4.98 Å². The van der Waals surface area contributed by atoms with E-state index in [4.69, 9.17) is 11.6 Å². The van der Waals surface area contributed by atoms with Gasteiger partial charge in [0.15, 0.2) is 0 Å². The molecule has 1 aromatic carbocycles. The first kappa shape index (κ1) is 14.8. The average molecular weight is 304 g/mol. The maximum Gasteiger partial charge on any atom is 0.134 e. The van der Waals surface area contributed by atoms with Crippen LogP contribution in [0.15, 0.2) is 24.3 Å². The molecule has 21 heavy (non-hydrogen) atoms. The molecule has 1 unspecified atom stereocenters. The van der Waals surface area contributed by atoms with Crippen LogP contribution < -0.4 is 5.32 Å². The summed E-state index contributed by atoms with van der Waals surface area (Å²) in [5, 5.41) is 5.09. The lowest BCUT2D eigenvalue weighted by molar-refractivity contribution is 0.315. The van der Waals surface area contributed by atoms with Crippen LogP contribution in [0, 0.1) is 12.8 Å². The van der Waals surface area contributed by atoms with Gasteiger partial charge in [-0.05, 0) is 57.1 Å². The van der Waals surface area contributed by atoms with E-state index in [1.54, 1.807) is 0 Å². The van der Waals surface area contributed by atoms with Crippen LogP contribution in [-0.4, -0.2) is 36.6 Å². The maximum atomic E-state index is 6.38. The molecule has 112 valence electrons. The lowest BCUT2D eigenvalue weighted by Gasteiger charge is -2.17. The Bertz CT molecular complexity index is 641. The van der Waals surface area contributed by atoms with Crippen molar-refractivity contribution in [1.29, 1.82) is 0 Å². The summed E-state index contributed by atoms with van der Waals surface area (Å²) < 4.78 is 0. The monoisotopic (exact) mass is 303 g/mol. The van der Waals surface area contributed by atoms with Gasteiger partial charge in [-0.15, -0.1) is 0 Å². The van der Waals surface area contributed by atoms with E-state index in [9.17, 15) is 0 Å². The third-order valence-electron chi connectivity index (χ3n) is 4.26. The fourth-order valence-corrected chi connectivity index (χ4v) is 3.37. The van der Waals surface area contributed by atoms with E-state index in [1.807, 2.05) is 7.05 Å². The van der Waals surface area contributed by atoms with Gasteiger partial charge in [0.05, 0.1) is 5.52 Å². The number of likely N-dealkylation sites (tertiary alicyclic amines) is 1. The van der Waals surface area contributed by atoms with Crippen LogP contribution >= 0.6 is 11.6 Å². The summed E-state index contributed by atoms with van der Waals surface area (Å²) in [7, 11) is 2.02. The van der Waals surface area contributed by atoms with E-state index in [1.165, 1.54) is 17.4 Å². The number of hydrogen-bond donors (Lipinski definition) is 1. The van der Waals surface area contributed by atoms with Crippen molar-refractivity contribution in [3.05, 3.63) is 40.5 Å². The molecule has 1 saturated heterocycles. The van der Waals surface area contributed by atoms with Gasteiger partial charge < -0.3 is 5.32 Å². The zero-order valence-corrected chi connectivity index (χ0v) is 13.5. The van der Waals surface area contributed by atoms with Crippen molar-refractivity contribution in [1.82, 2.24) is 15.2 Å². The van der Waals surface area contributed by atoms with Crippen LogP contribution in [0.25, 0.3) is 10.9 Å². The summed E-state index contributed by atoms with van der Waals surface area (Å²) in [5.74, 6) is 0.754. The summed E-state index contributed by atoms with van der Waals surface area (Å²) >= 11 is 6.38. The number of fused-ring (bicyclic) bond motifs is 1. The topological polar surface area (TPSA) is 28.2 Å². The average Bonchev–Trinajstić information content (AvgIpc) is 2.88. The normalized spacial score (nSPS) is 19.5. The number of nitrogens with zero attached hydrogens (tertiary/aromatic N) is 2. The van der Waals surface area contributed by atoms with Gasteiger partial charge in [-0.1, -0.05) is 23.7 Å². The Kier molecular flexibility index (Phi) is 4.43. The second kappa shape index (κ2) is 6.30. The van der Waals surface area contributed by atoms with Crippen LogP contribution in [0.4, 0.5) is 0 Å². The van der Waals surface area contributed by atoms with Crippen LogP contribution in [0.3, 0.4) is 0 Å². The third-order valence-corrected chi connectivity index (χ3v) is 4.58. The van der Waals surface area contributed by atoms with E-state index < -0.39 is 0 Å². The van der Waals surface area contributed by atoms with Crippen LogP contribution in [-0.2, 0) is 6.54 Å². The van der Waals surface area contributed by atoms with Gasteiger partial charge in [-0.2, -0.15) is 0 Å². The van der Waals surface area contributed by atoms with E-state index in [-0.39, 0.29) is 0 Å². The minimum atomic E-state index is 0.644. The molecule has 2 aromatic rings. The van der Waals surface area contributed by atoms with Gasteiger partial charge in [0, 0.05) is 24.0 Å². The summed E-state index contributed by atoms with van der Waals surface area (Å²) in [6.07, 6.45) is 1.26. The number of halogens is 1. The zero-order chi connectivity index (χ0) is 14.8.